The number of benzene rings is 1. The highest BCUT2D eigenvalue weighted by atomic mass is 16.5. The standard InChI is InChI=1S/C16H26N4O3/c1-3-22-9-5-8-19-16(18-2)20-11-13-6-4-7-14(10-13)23-12-15(17)21/h4,6-7,10H,3,5,8-9,11-12H2,1-2H3,(H2,17,21)(H2,18,19,20). The van der Waals surface area contributed by atoms with Crippen LogP contribution in [0, 0.1) is 0 Å². The van der Waals surface area contributed by atoms with Crippen molar-refractivity contribution in [2.45, 2.75) is 19.9 Å². The molecule has 0 aliphatic heterocycles. The van der Waals surface area contributed by atoms with Gasteiger partial charge in [0.25, 0.3) is 5.91 Å². The largest absolute Gasteiger partial charge is 0.484 e. The molecule has 0 fully saturated rings. The van der Waals surface area contributed by atoms with Crippen molar-refractivity contribution in [2.75, 3.05) is 33.4 Å². The van der Waals surface area contributed by atoms with Gasteiger partial charge < -0.3 is 25.8 Å². The molecule has 7 heteroatoms. The number of carbonyl (C=O) groups excluding carboxylic acids is 1. The van der Waals surface area contributed by atoms with Gasteiger partial charge in [0, 0.05) is 33.4 Å². The molecule has 0 aliphatic rings. The van der Waals surface area contributed by atoms with Crippen LogP contribution in [-0.2, 0) is 16.1 Å². The number of hydrogen-bond donors (Lipinski definition) is 3. The van der Waals surface area contributed by atoms with E-state index in [0.717, 1.165) is 37.7 Å². The van der Waals surface area contributed by atoms with Crippen molar-refractivity contribution in [3.05, 3.63) is 29.8 Å². The molecule has 4 N–H and O–H groups in total. The second kappa shape index (κ2) is 11.3. The lowest BCUT2D eigenvalue weighted by Crippen LogP contribution is -2.37. The third-order valence-electron chi connectivity index (χ3n) is 2.93. The lowest BCUT2D eigenvalue weighted by molar-refractivity contribution is -0.119. The van der Waals surface area contributed by atoms with Gasteiger partial charge in [0.1, 0.15) is 5.75 Å². The molecule has 23 heavy (non-hydrogen) atoms. The first-order valence-corrected chi connectivity index (χ1v) is 7.68. The smallest absolute Gasteiger partial charge is 0.255 e. The Morgan fingerprint density at radius 2 is 2.17 bits per heavy atom. The minimum Gasteiger partial charge on any atom is -0.484 e. The van der Waals surface area contributed by atoms with Crippen molar-refractivity contribution >= 4 is 11.9 Å². The number of rotatable bonds is 10. The van der Waals surface area contributed by atoms with Gasteiger partial charge in [-0.25, -0.2) is 0 Å². The van der Waals surface area contributed by atoms with Gasteiger partial charge in [0.2, 0.25) is 0 Å². The molecule has 0 aliphatic carbocycles. The molecule has 128 valence electrons. The van der Waals surface area contributed by atoms with Crippen LogP contribution in [0.1, 0.15) is 18.9 Å². The highest BCUT2D eigenvalue weighted by Gasteiger charge is 2.01. The minimum atomic E-state index is -0.495. The third kappa shape index (κ3) is 8.67. The van der Waals surface area contributed by atoms with E-state index in [1.54, 1.807) is 13.1 Å². The van der Waals surface area contributed by atoms with Crippen LogP contribution in [0.25, 0.3) is 0 Å². The van der Waals surface area contributed by atoms with Crippen LogP contribution in [0.3, 0.4) is 0 Å². The van der Waals surface area contributed by atoms with Gasteiger partial charge >= 0.3 is 0 Å². The Kier molecular flexibility index (Phi) is 9.23. The van der Waals surface area contributed by atoms with Gasteiger partial charge in [-0.05, 0) is 31.0 Å². The van der Waals surface area contributed by atoms with Crippen molar-refractivity contribution in [2.24, 2.45) is 10.7 Å². The Hall–Kier alpha value is -2.28. The highest BCUT2D eigenvalue weighted by molar-refractivity contribution is 5.79. The number of hydrogen-bond acceptors (Lipinski definition) is 4. The average Bonchev–Trinajstić information content (AvgIpc) is 2.56. The quantitative estimate of drug-likeness (QED) is 0.334. The zero-order valence-electron chi connectivity index (χ0n) is 13.8. The molecular formula is C16H26N4O3. The van der Waals surface area contributed by atoms with Crippen LogP contribution < -0.4 is 21.1 Å². The summed E-state index contributed by atoms with van der Waals surface area (Å²) in [5, 5.41) is 6.44. The molecule has 0 unspecified atom stereocenters. The van der Waals surface area contributed by atoms with Crippen molar-refractivity contribution in [1.29, 1.82) is 0 Å². The summed E-state index contributed by atoms with van der Waals surface area (Å²) in [6.07, 6.45) is 0.922. The molecule has 0 saturated heterocycles. The predicted octanol–water partition coefficient (Wildman–Crippen LogP) is 0.642. The average molecular weight is 322 g/mol. The number of ether oxygens (including phenoxy) is 2. The maximum absolute atomic E-state index is 10.7. The van der Waals surface area contributed by atoms with Crippen LogP contribution in [0.2, 0.25) is 0 Å². The number of nitrogens with two attached hydrogens (primary N) is 1. The first kappa shape index (κ1) is 18.8. The molecule has 0 aromatic heterocycles. The Morgan fingerprint density at radius 1 is 1.35 bits per heavy atom. The van der Waals surface area contributed by atoms with Crippen molar-refractivity contribution < 1.29 is 14.3 Å². The van der Waals surface area contributed by atoms with E-state index in [-0.39, 0.29) is 6.61 Å². The number of primary amides is 1. The van der Waals surface area contributed by atoms with E-state index in [0.29, 0.717) is 12.3 Å². The van der Waals surface area contributed by atoms with Crippen molar-refractivity contribution in [1.82, 2.24) is 10.6 Å². The van der Waals surface area contributed by atoms with Crippen LogP contribution >= 0.6 is 0 Å². The second-order valence-electron chi connectivity index (χ2n) is 4.81. The van der Waals surface area contributed by atoms with Gasteiger partial charge in [0.15, 0.2) is 12.6 Å². The maximum atomic E-state index is 10.7. The molecule has 1 rings (SSSR count). The molecule has 0 saturated carbocycles. The predicted molar refractivity (Wildman–Crippen MR) is 90.4 cm³/mol. The molecule has 0 heterocycles. The van der Waals surface area contributed by atoms with Gasteiger partial charge in [-0.15, -0.1) is 0 Å². The van der Waals surface area contributed by atoms with Gasteiger partial charge in [-0.2, -0.15) is 0 Å². The van der Waals surface area contributed by atoms with E-state index in [1.807, 2.05) is 25.1 Å². The molecule has 0 radical (unpaired) electrons. The number of nitrogens with zero attached hydrogens (tertiary/aromatic N) is 1. The Balaban J connectivity index is 2.37. The SMILES string of the molecule is CCOCCCNC(=NC)NCc1cccc(OCC(N)=O)c1. The lowest BCUT2D eigenvalue weighted by atomic mass is 10.2. The molecular weight excluding hydrogens is 296 g/mol. The Bertz CT molecular complexity index is 506. The summed E-state index contributed by atoms with van der Waals surface area (Å²) in [6, 6.07) is 7.48. The summed E-state index contributed by atoms with van der Waals surface area (Å²) in [5.74, 6) is 0.845. The van der Waals surface area contributed by atoms with Crippen LogP contribution in [0.5, 0.6) is 5.75 Å². The number of guanidine groups is 1. The second-order valence-corrected chi connectivity index (χ2v) is 4.81. The summed E-state index contributed by atoms with van der Waals surface area (Å²) < 4.78 is 10.6. The van der Waals surface area contributed by atoms with Crippen LogP contribution in [0.4, 0.5) is 0 Å². The molecule has 0 spiro atoms. The van der Waals surface area contributed by atoms with Crippen molar-refractivity contribution in [3.8, 4) is 5.75 Å². The fourth-order valence-electron chi connectivity index (χ4n) is 1.83. The highest BCUT2D eigenvalue weighted by Crippen LogP contribution is 2.12. The van der Waals surface area contributed by atoms with Gasteiger partial charge in [0.05, 0.1) is 0 Å². The first-order valence-electron chi connectivity index (χ1n) is 7.68. The number of amides is 1. The van der Waals surface area contributed by atoms with Crippen LogP contribution in [-0.4, -0.2) is 45.3 Å². The van der Waals surface area contributed by atoms with Gasteiger partial charge in [-0.1, -0.05) is 12.1 Å². The zero-order valence-corrected chi connectivity index (χ0v) is 13.8. The fourth-order valence-corrected chi connectivity index (χ4v) is 1.83. The number of carbonyl (C=O) groups is 1. The monoisotopic (exact) mass is 322 g/mol. The number of nitrogens with one attached hydrogen (secondary N) is 2. The van der Waals surface area contributed by atoms with Gasteiger partial charge in [-0.3, -0.25) is 9.79 Å². The molecule has 1 amide bonds. The van der Waals surface area contributed by atoms with Crippen LogP contribution in [0.15, 0.2) is 29.3 Å². The molecule has 7 nitrogen and oxygen atoms in total. The minimum absolute atomic E-state index is 0.125. The molecule has 0 bridgehead atoms. The summed E-state index contributed by atoms with van der Waals surface area (Å²) in [5.41, 5.74) is 6.08. The van der Waals surface area contributed by atoms with E-state index < -0.39 is 5.91 Å². The lowest BCUT2D eigenvalue weighted by Gasteiger charge is -2.12. The summed E-state index contributed by atoms with van der Waals surface area (Å²) in [4.78, 5) is 14.9. The molecule has 1 aromatic carbocycles. The summed E-state index contributed by atoms with van der Waals surface area (Å²) in [7, 11) is 1.73. The number of aliphatic imine (C=N–C) groups is 1. The zero-order chi connectivity index (χ0) is 16.9. The Labute approximate surface area is 137 Å². The fraction of sp³-hybridized carbons (Fsp3) is 0.500. The first-order chi connectivity index (χ1) is 11.2. The topological polar surface area (TPSA) is 98.0 Å². The van der Waals surface area contributed by atoms with E-state index in [2.05, 4.69) is 15.6 Å². The molecule has 0 atom stereocenters. The summed E-state index contributed by atoms with van der Waals surface area (Å²) >= 11 is 0. The van der Waals surface area contributed by atoms with E-state index in [9.17, 15) is 4.79 Å². The molecule has 1 aromatic rings. The third-order valence-corrected chi connectivity index (χ3v) is 2.93. The van der Waals surface area contributed by atoms with E-state index >= 15 is 0 Å². The van der Waals surface area contributed by atoms with Crippen molar-refractivity contribution in [3.63, 3.8) is 0 Å². The maximum Gasteiger partial charge on any atom is 0.255 e. The normalized spacial score (nSPS) is 11.1. The van der Waals surface area contributed by atoms with E-state index in [1.165, 1.54) is 0 Å². The van der Waals surface area contributed by atoms with E-state index in [4.69, 9.17) is 15.2 Å². The Morgan fingerprint density at radius 3 is 2.87 bits per heavy atom. The summed E-state index contributed by atoms with van der Waals surface area (Å²) in [6.45, 7) is 4.72.